The first kappa shape index (κ1) is 14.0. The van der Waals surface area contributed by atoms with E-state index in [2.05, 4.69) is 0 Å². The molecule has 3 heteroatoms. The third-order valence-corrected chi connectivity index (χ3v) is 1.61. The summed E-state index contributed by atoms with van der Waals surface area (Å²) in [5.74, 6) is 0.0625. The fourth-order valence-corrected chi connectivity index (χ4v) is 0.882. The van der Waals surface area contributed by atoms with E-state index >= 15 is 0 Å². The standard InChI is InChI=1S/C8H16O2.Na.H/c1-4-7(5-2)8(9)10-6-3;;/h7H,4-6H2,1-3H3;;. The molecule has 0 unspecified atom stereocenters. The van der Waals surface area contributed by atoms with Gasteiger partial charge >= 0.3 is 35.5 Å². The Bertz CT molecular complexity index is 100. The Kier molecular flexibility index (Phi) is 10.9. The number of ether oxygens (including phenoxy) is 1. The quantitative estimate of drug-likeness (QED) is 0.467. The summed E-state index contributed by atoms with van der Waals surface area (Å²) in [5.41, 5.74) is 0. The van der Waals surface area contributed by atoms with Crippen molar-refractivity contribution in [3.05, 3.63) is 0 Å². The van der Waals surface area contributed by atoms with Crippen molar-refractivity contribution >= 4 is 35.5 Å². The fraction of sp³-hybridized carbons (Fsp3) is 0.875. The van der Waals surface area contributed by atoms with Gasteiger partial charge < -0.3 is 4.74 Å². The van der Waals surface area contributed by atoms with E-state index in [1.54, 1.807) is 0 Å². The van der Waals surface area contributed by atoms with E-state index in [0.29, 0.717) is 6.61 Å². The van der Waals surface area contributed by atoms with Crippen molar-refractivity contribution in [2.45, 2.75) is 33.6 Å². The molecule has 0 saturated carbocycles. The SMILES string of the molecule is CCOC(=O)C(CC)CC.[NaH]. The molecule has 0 radical (unpaired) electrons. The number of esters is 1. The van der Waals surface area contributed by atoms with Gasteiger partial charge in [-0.15, -0.1) is 0 Å². The Labute approximate surface area is 91.0 Å². The van der Waals surface area contributed by atoms with E-state index in [1.807, 2.05) is 20.8 Å². The molecule has 0 spiro atoms. The molecule has 0 aromatic heterocycles. The van der Waals surface area contributed by atoms with Gasteiger partial charge in [0, 0.05) is 0 Å². The number of hydrogen-bond donors (Lipinski definition) is 0. The second-order valence-electron chi connectivity index (χ2n) is 2.27. The summed E-state index contributed by atoms with van der Waals surface area (Å²) in [5, 5.41) is 0. The van der Waals surface area contributed by atoms with Crippen molar-refractivity contribution in [2.24, 2.45) is 5.92 Å². The van der Waals surface area contributed by atoms with Crippen LogP contribution in [0, 0.1) is 5.92 Å². The molecular formula is C8H17NaO2. The summed E-state index contributed by atoms with van der Waals surface area (Å²) in [7, 11) is 0. The van der Waals surface area contributed by atoms with Crippen molar-refractivity contribution in [3.8, 4) is 0 Å². The molecule has 0 atom stereocenters. The third-order valence-electron chi connectivity index (χ3n) is 1.61. The summed E-state index contributed by atoms with van der Waals surface area (Å²) in [6.07, 6.45) is 1.77. The average Bonchev–Trinajstić information content (AvgIpc) is 1.91. The Morgan fingerprint density at radius 2 is 1.73 bits per heavy atom. The molecule has 0 bridgehead atoms. The fourth-order valence-electron chi connectivity index (χ4n) is 0.882. The molecule has 2 nitrogen and oxygen atoms in total. The van der Waals surface area contributed by atoms with Crippen LogP contribution >= 0.6 is 0 Å². The molecule has 0 fully saturated rings. The molecule has 62 valence electrons. The van der Waals surface area contributed by atoms with Crippen molar-refractivity contribution in [2.75, 3.05) is 6.61 Å². The van der Waals surface area contributed by atoms with Crippen molar-refractivity contribution in [3.63, 3.8) is 0 Å². The summed E-state index contributed by atoms with van der Waals surface area (Å²) < 4.78 is 4.85. The van der Waals surface area contributed by atoms with Crippen molar-refractivity contribution in [1.82, 2.24) is 0 Å². The van der Waals surface area contributed by atoms with Gasteiger partial charge in [-0.2, -0.15) is 0 Å². The van der Waals surface area contributed by atoms with Gasteiger partial charge in [-0.25, -0.2) is 0 Å². The molecule has 0 aromatic rings. The van der Waals surface area contributed by atoms with E-state index in [-0.39, 0.29) is 41.4 Å². The van der Waals surface area contributed by atoms with Crippen LogP contribution in [-0.2, 0) is 9.53 Å². The average molecular weight is 168 g/mol. The topological polar surface area (TPSA) is 26.3 Å². The zero-order valence-corrected chi connectivity index (χ0v) is 7.02. The molecule has 0 amide bonds. The minimum atomic E-state index is -0.0486. The number of rotatable bonds is 4. The summed E-state index contributed by atoms with van der Waals surface area (Å²) >= 11 is 0. The second kappa shape index (κ2) is 8.57. The van der Waals surface area contributed by atoms with Crippen LogP contribution < -0.4 is 0 Å². The van der Waals surface area contributed by atoms with Gasteiger partial charge in [0.1, 0.15) is 0 Å². The van der Waals surface area contributed by atoms with E-state index in [0.717, 1.165) is 12.8 Å². The first-order valence-electron chi connectivity index (χ1n) is 3.92. The van der Waals surface area contributed by atoms with E-state index < -0.39 is 0 Å². The Hall–Kier alpha value is 0.470. The van der Waals surface area contributed by atoms with Crippen LogP contribution in [0.1, 0.15) is 33.6 Å². The van der Waals surface area contributed by atoms with E-state index in [4.69, 9.17) is 4.74 Å². The molecule has 0 aromatic carbocycles. The van der Waals surface area contributed by atoms with Crippen LogP contribution in [0.25, 0.3) is 0 Å². The normalized spacial score (nSPS) is 9.09. The predicted molar refractivity (Wildman–Crippen MR) is 47.9 cm³/mol. The minimum absolute atomic E-state index is 0. The van der Waals surface area contributed by atoms with Crippen LogP contribution in [0.2, 0.25) is 0 Å². The van der Waals surface area contributed by atoms with E-state index in [9.17, 15) is 4.79 Å². The molecule has 0 rings (SSSR count). The molecule has 0 aliphatic carbocycles. The first-order chi connectivity index (χ1) is 4.76. The van der Waals surface area contributed by atoms with Gasteiger partial charge in [0.2, 0.25) is 0 Å². The molecule has 0 saturated heterocycles. The predicted octanol–water partition coefficient (Wildman–Crippen LogP) is 1.34. The first-order valence-corrected chi connectivity index (χ1v) is 3.92. The van der Waals surface area contributed by atoms with E-state index in [1.165, 1.54) is 0 Å². The van der Waals surface area contributed by atoms with Crippen LogP contribution in [0.3, 0.4) is 0 Å². The Balaban J connectivity index is 0. The summed E-state index contributed by atoms with van der Waals surface area (Å²) in [6.45, 7) is 6.34. The number of carbonyl (C=O) groups is 1. The van der Waals surface area contributed by atoms with Gasteiger partial charge in [-0.1, -0.05) is 13.8 Å². The van der Waals surface area contributed by atoms with Crippen LogP contribution in [0.5, 0.6) is 0 Å². The van der Waals surface area contributed by atoms with Crippen LogP contribution in [-0.4, -0.2) is 42.1 Å². The molecule has 0 aliphatic heterocycles. The molecule has 11 heavy (non-hydrogen) atoms. The molecule has 0 heterocycles. The zero-order chi connectivity index (χ0) is 7.98. The van der Waals surface area contributed by atoms with Gasteiger partial charge in [-0.05, 0) is 19.8 Å². The summed E-state index contributed by atoms with van der Waals surface area (Å²) in [4.78, 5) is 11.0. The number of hydrogen-bond acceptors (Lipinski definition) is 2. The zero-order valence-electron chi connectivity index (χ0n) is 7.02. The molecular weight excluding hydrogens is 151 g/mol. The Morgan fingerprint density at radius 1 is 1.27 bits per heavy atom. The van der Waals surface area contributed by atoms with Gasteiger partial charge in [-0.3, -0.25) is 4.79 Å². The van der Waals surface area contributed by atoms with Gasteiger partial charge in [0.15, 0.2) is 0 Å². The van der Waals surface area contributed by atoms with Crippen molar-refractivity contribution in [1.29, 1.82) is 0 Å². The van der Waals surface area contributed by atoms with Crippen LogP contribution in [0.15, 0.2) is 0 Å². The third kappa shape index (κ3) is 5.71. The van der Waals surface area contributed by atoms with Crippen molar-refractivity contribution < 1.29 is 9.53 Å². The Morgan fingerprint density at radius 3 is 2.00 bits per heavy atom. The maximum atomic E-state index is 11.0. The van der Waals surface area contributed by atoms with Crippen LogP contribution in [0.4, 0.5) is 0 Å². The monoisotopic (exact) mass is 168 g/mol. The molecule has 0 aliphatic rings. The second-order valence-corrected chi connectivity index (χ2v) is 2.27. The number of carbonyl (C=O) groups excluding carboxylic acids is 1. The van der Waals surface area contributed by atoms with Gasteiger partial charge in [0.05, 0.1) is 12.5 Å². The summed E-state index contributed by atoms with van der Waals surface area (Å²) in [6, 6.07) is 0. The molecule has 0 N–H and O–H groups in total. The van der Waals surface area contributed by atoms with Gasteiger partial charge in [0.25, 0.3) is 0 Å². The maximum absolute atomic E-state index is 11.0.